The van der Waals surface area contributed by atoms with Gasteiger partial charge in [-0.15, -0.1) is 0 Å². The van der Waals surface area contributed by atoms with E-state index in [2.05, 4.69) is 9.89 Å². The van der Waals surface area contributed by atoms with Gasteiger partial charge in [0.25, 0.3) is 5.91 Å². The van der Waals surface area contributed by atoms with E-state index >= 15 is 0 Å². The summed E-state index contributed by atoms with van der Waals surface area (Å²) < 4.78 is 19.2. The fraction of sp³-hybridized carbons (Fsp3) is 0.238. The molecule has 2 aliphatic rings. The Bertz CT molecular complexity index is 952. The van der Waals surface area contributed by atoms with E-state index in [4.69, 9.17) is 4.74 Å². The maximum atomic E-state index is 14.0. The van der Waals surface area contributed by atoms with E-state index in [1.807, 2.05) is 41.3 Å². The first-order valence-corrected chi connectivity index (χ1v) is 9.87. The van der Waals surface area contributed by atoms with Crippen molar-refractivity contribution in [1.82, 2.24) is 4.90 Å². The molecule has 1 amide bonds. The highest BCUT2D eigenvalue weighted by atomic mass is 32.2. The predicted octanol–water partition coefficient (Wildman–Crippen LogP) is 3.63. The maximum Gasteiger partial charge on any atom is 0.286 e. The van der Waals surface area contributed by atoms with Crippen LogP contribution < -0.4 is 9.64 Å². The molecule has 2 aromatic carbocycles. The van der Waals surface area contributed by atoms with Gasteiger partial charge in [0.15, 0.2) is 5.17 Å². The minimum Gasteiger partial charge on any atom is -0.497 e. The molecule has 5 nitrogen and oxygen atoms in total. The van der Waals surface area contributed by atoms with Crippen LogP contribution in [0.1, 0.15) is 5.56 Å². The lowest BCUT2D eigenvalue weighted by atomic mass is 10.2. The summed E-state index contributed by atoms with van der Waals surface area (Å²) in [4.78, 5) is 21.3. The zero-order valence-electron chi connectivity index (χ0n) is 15.5. The first-order chi connectivity index (χ1) is 13.6. The van der Waals surface area contributed by atoms with Crippen LogP contribution in [0.15, 0.2) is 58.4 Å². The number of aliphatic imine (C=N–C) groups is 1. The normalized spacial score (nSPS) is 18.6. The number of para-hydroxylation sites is 1. The van der Waals surface area contributed by atoms with E-state index in [0.29, 0.717) is 41.9 Å². The van der Waals surface area contributed by atoms with Gasteiger partial charge in [-0.25, -0.2) is 4.39 Å². The molecular weight excluding hydrogens is 377 g/mol. The zero-order valence-corrected chi connectivity index (χ0v) is 16.3. The number of hydrogen-bond donors (Lipinski definition) is 0. The fourth-order valence-electron chi connectivity index (χ4n) is 3.26. The number of nitrogens with zero attached hydrogens (tertiary/aromatic N) is 3. The van der Waals surface area contributed by atoms with Crippen LogP contribution in [0.5, 0.6) is 5.75 Å². The number of carbonyl (C=O) groups excluding carboxylic acids is 1. The summed E-state index contributed by atoms with van der Waals surface area (Å²) in [6.07, 6.45) is 1.83. The van der Waals surface area contributed by atoms with Crippen molar-refractivity contribution < 1.29 is 13.9 Å². The second kappa shape index (κ2) is 8.06. The summed E-state index contributed by atoms with van der Waals surface area (Å²) in [6, 6.07) is 14.4. The lowest BCUT2D eigenvalue weighted by Crippen LogP contribution is -2.48. The van der Waals surface area contributed by atoms with Crippen molar-refractivity contribution in [2.75, 3.05) is 38.2 Å². The molecule has 1 fully saturated rings. The largest absolute Gasteiger partial charge is 0.497 e. The van der Waals surface area contributed by atoms with Crippen molar-refractivity contribution in [3.63, 3.8) is 0 Å². The van der Waals surface area contributed by atoms with Crippen molar-refractivity contribution in [3.05, 3.63) is 64.8 Å². The topological polar surface area (TPSA) is 45.1 Å². The summed E-state index contributed by atoms with van der Waals surface area (Å²) >= 11 is 1.39. The first kappa shape index (κ1) is 18.6. The number of methoxy groups -OCH3 is 1. The van der Waals surface area contributed by atoms with Gasteiger partial charge in [0.05, 0.1) is 17.7 Å². The Morgan fingerprint density at radius 1 is 1.07 bits per heavy atom. The number of hydrogen-bond acceptors (Lipinski definition) is 5. The van der Waals surface area contributed by atoms with Gasteiger partial charge in [-0.3, -0.25) is 4.79 Å². The molecule has 0 unspecified atom stereocenters. The van der Waals surface area contributed by atoms with Crippen molar-refractivity contribution in [2.24, 2.45) is 4.99 Å². The number of amidine groups is 1. The number of amides is 1. The second-order valence-electron chi connectivity index (χ2n) is 6.51. The fourth-order valence-corrected chi connectivity index (χ4v) is 4.23. The Hall–Kier alpha value is -2.80. The number of ether oxygens (including phenoxy) is 1. The minimum atomic E-state index is -0.223. The molecule has 0 aromatic heterocycles. The Balaban J connectivity index is 1.41. The SMILES string of the molecule is COc1cccc(/C=C2\SC(N3CCN(c4ccccc4F)CC3)=NC2=O)c1. The van der Waals surface area contributed by atoms with Crippen LogP contribution in [-0.2, 0) is 4.79 Å². The maximum absolute atomic E-state index is 14.0. The van der Waals surface area contributed by atoms with Gasteiger partial charge in [0, 0.05) is 26.2 Å². The third kappa shape index (κ3) is 3.89. The standard InChI is InChI=1S/C21H20FN3O2S/c1-27-16-6-4-5-15(13-16)14-19-20(26)23-21(28-19)25-11-9-24(10-12-25)18-8-3-2-7-17(18)22/h2-8,13-14H,9-12H2,1H3/b19-14-. The monoisotopic (exact) mass is 397 g/mol. The van der Waals surface area contributed by atoms with Crippen LogP contribution in [0.3, 0.4) is 0 Å². The number of halogens is 1. The number of thioether (sulfide) groups is 1. The molecule has 2 heterocycles. The number of rotatable bonds is 3. The van der Waals surface area contributed by atoms with Crippen LogP contribution in [0, 0.1) is 5.82 Å². The van der Waals surface area contributed by atoms with Gasteiger partial charge < -0.3 is 14.5 Å². The lowest BCUT2D eigenvalue weighted by molar-refractivity contribution is -0.113. The molecule has 0 bridgehead atoms. The van der Waals surface area contributed by atoms with E-state index in [1.165, 1.54) is 17.8 Å². The average Bonchev–Trinajstić information content (AvgIpc) is 3.09. The molecule has 0 saturated carbocycles. The molecule has 0 N–H and O–H groups in total. The smallest absolute Gasteiger partial charge is 0.286 e. The van der Waals surface area contributed by atoms with Gasteiger partial charge >= 0.3 is 0 Å². The highest BCUT2D eigenvalue weighted by Crippen LogP contribution is 2.31. The van der Waals surface area contributed by atoms with Crippen molar-refractivity contribution in [3.8, 4) is 5.75 Å². The first-order valence-electron chi connectivity index (χ1n) is 9.05. The highest BCUT2D eigenvalue weighted by Gasteiger charge is 2.29. The highest BCUT2D eigenvalue weighted by molar-refractivity contribution is 8.18. The van der Waals surface area contributed by atoms with Crippen LogP contribution in [0.4, 0.5) is 10.1 Å². The second-order valence-corrected chi connectivity index (χ2v) is 7.52. The summed E-state index contributed by atoms with van der Waals surface area (Å²) in [5.41, 5.74) is 1.52. The minimum absolute atomic E-state index is 0.206. The molecular formula is C21H20FN3O2S. The molecule has 0 atom stereocenters. The van der Waals surface area contributed by atoms with Crippen LogP contribution in [-0.4, -0.2) is 49.3 Å². The molecule has 28 heavy (non-hydrogen) atoms. The molecule has 7 heteroatoms. The van der Waals surface area contributed by atoms with Crippen LogP contribution >= 0.6 is 11.8 Å². The molecule has 0 spiro atoms. The van der Waals surface area contributed by atoms with Crippen molar-refractivity contribution in [1.29, 1.82) is 0 Å². The van der Waals surface area contributed by atoms with E-state index < -0.39 is 0 Å². The summed E-state index contributed by atoms with van der Waals surface area (Å²) in [7, 11) is 1.61. The Labute approximate surface area is 167 Å². The molecule has 0 radical (unpaired) electrons. The zero-order chi connectivity index (χ0) is 19.5. The van der Waals surface area contributed by atoms with Crippen molar-refractivity contribution >= 4 is 34.6 Å². The molecule has 2 aromatic rings. The molecule has 0 aliphatic carbocycles. The van der Waals surface area contributed by atoms with Gasteiger partial charge in [0.2, 0.25) is 0 Å². The number of piperazine rings is 1. The Morgan fingerprint density at radius 3 is 2.57 bits per heavy atom. The molecule has 4 rings (SSSR count). The summed E-state index contributed by atoms with van der Waals surface area (Å²) in [6.45, 7) is 2.76. The van der Waals surface area contributed by atoms with E-state index in [9.17, 15) is 9.18 Å². The van der Waals surface area contributed by atoms with Gasteiger partial charge in [-0.1, -0.05) is 24.3 Å². The molecule has 1 saturated heterocycles. The van der Waals surface area contributed by atoms with Crippen LogP contribution in [0.2, 0.25) is 0 Å². The van der Waals surface area contributed by atoms with Crippen LogP contribution in [0.25, 0.3) is 6.08 Å². The Morgan fingerprint density at radius 2 is 1.82 bits per heavy atom. The lowest BCUT2D eigenvalue weighted by Gasteiger charge is -2.36. The quantitative estimate of drug-likeness (QED) is 0.740. The number of carbonyl (C=O) groups is 1. The molecule has 2 aliphatic heterocycles. The van der Waals surface area contributed by atoms with E-state index in [0.717, 1.165) is 11.3 Å². The van der Waals surface area contributed by atoms with Gasteiger partial charge in [-0.05, 0) is 47.7 Å². The van der Waals surface area contributed by atoms with Gasteiger partial charge in [0.1, 0.15) is 11.6 Å². The van der Waals surface area contributed by atoms with Gasteiger partial charge in [-0.2, -0.15) is 4.99 Å². The number of benzene rings is 2. The van der Waals surface area contributed by atoms with Crippen molar-refractivity contribution in [2.45, 2.75) is 0 Å². The summed E-state index contributed by atoms with van der Waals surface area (Å²) in [5.74, 6) is 0.316. The third-order valence-electron chi connectivity index (χ3n) is 4.74. The third-order valence-corrected chi connectivity index (χ3v) is 5.79. The Kier molecular flexibility index (Phi) is 5.34. The predicted molar refractivity (Wildman–Crippen MR) is 111 cm³/mol. The number of anilines is 1. The average molecular weight is 397 g/mol. The molecule has 144 valence electrons. The summed E-state index contributed by atoms with van der Waals surface area (Å²) in [5, 5.41) is 0.715. The van der Waals surface area contributed by atoms with E-state index in [1.54, 1.807) is 19.2 Å². The van der Waals surface area contributed by atoms with E-state index in [-0.39, 0.29) is 11.7 Å².